The molecule has 1 rings (SSSR count). The molecule has 1 amide bonds. The fourth-order valence-electron chi connectivity index (χ4n) is 1.60. The standard InChI is InChI=1S/C13H21NO3/c1-9(2)6-11(15)10-7-14(8-10)12(16)17-13(3,4)5/h10H,1,6-8H2,2-5H3. The molecule has 4 nitrogen and oxygen atoms in total. The lowest BCUT2D eigenvalue weighted by Crippen LogP contribution is -2.54. The molecule has 0 aliphatic carbocycles. The molecule has 0 N–H and O–H groups in total. The van der Waals surface area contributed by atoms with Crippen molar-refractivity contribution in [2.24, 2.45) is 5.92 Å². The maximum Gasteiger partial charge on any atom is 0.410 e. The zero-order valence-corrected chi connectivity index (χ0v) is 11.1. The number of hydrogen-bond donors (Lipinski definition) is 0. The Morgan fingerprint density at radius 2 is 1.88 bits per heavy atom. The molecule has 0 aromatic rings. The Kier molecular flexibility index (Phi) is 3.96. The van der Waals surface area contributed by atoms with E-state index in [1.54, 1.807) is 4.90 Å². The predicted molar refractivity (Wildman–Crippen MR) is 65.7 cm³/mol. The van der Waals surface area contributed by atoms with E-state index in [1.165, 1.54) is 0 Å². The third-order valence-corrected chi connectivity index (χ3v) is 2.46. The number of carbonyl (C=O) groups is 2. The Morgan fingerprint density at radius 1 is 1.35 bits per heavy atom. The minimum absolute atomic E-state index is 0.0424. The highest BCUT2D eigenvalue weighted by Crippen LogP contribution is 2.22. The SMILES string of the molecule is C=C(C)CC(=O)C1CN(C(=O)OC(C)(C)C)C1. The summed E-state index contributed by atoms with van der Waals surface area (Å²) in [5.74, 6) is 0.122. The molecule has 1 fully saturated rings. The van der Waals surface area contributed by atoms with Gasteiger partial charge in [0.25, 0.3) is 0 Å². The van der Waals surface area contributed by atoms with Crippen LogP contribution in [0.1, 0.15) is 34.1 Å². The molecule has 0 saturated carbocycles. The highest BCUT2D eigenvalue weighted by atomic mass is 16.6. The highest BCUT2D eigenvalue weighted by Gasteiger charge is 2.37. The van der Waals surface area contributed by atoms with Gasteiger partial charge in [-0.25, -0.2) is 4.79 Å². The van der Waals surface area contributed by atoms with Crippen molar-refractivity contribution in [3.63, 3.8) is 0 Å². The molecule has 1 aliphatic heterocycles. The molecule has 1 heterocycles. The van der Waals surface area contributed by atoms with E-state index in [-0.39, 0.29) is 17.8 Å². The van der Waals surface area contributed by atoms with Gasteiger partial charge in [0.05, 0.1) is 5.92 Å². The molecule has 0 spiro atoms. The Labute approximate surface area is 103 Å². The third kappa shape index (κ3) is 4.21. The van der Waals surface area contributed by atoms with Crippen molar-refractivity contribution in [3.8, 4) is 0 Å². The number of carbonyl (C=O) groups excluding carboxylic acids is 2. The molecule has 1 saturated heterocycles. The lowest BCUT2D eigenvalue weighted by Gasteiger charge is -2.38. The summed E-state index contributed by atoms with van der Waals surface area (Å²) < 4.78 is 5.21. The van der Waals surface area contributed by atoms with Gasteiger partial charge in [0.1, 0.15) is 11.4 Å². The molecule has 4 heteroatoms. The molecule has 0 bridgehead atoms. The molecule has 0 atom stereocenters. The number of allylic oxidation sites excluding steroid dienone is 1. The van der Waals surface area contributed by atoms with Crippen LogP contribution < -0.4 is 0 Å². The van der Waals surface area contributed by atoms with Crippen LogP contribution >= 0.6 is 0 Å². The van der Waals surface area contributed by atoms with Crippen LogP contribution in [0.15, 0.2) is 12.2 Å². The van der Waals surface area contributed by atoms with E-state index in [2.05, 4.69) is 6.58 Å². The van der Waals surface area contributed by atoms with E-state index in [0.29, 0.717) is 19.5 Å². The summed E-state index contributed by atoms with van der Waals surface area (Å²) in [7, 11) is 0. The Hall–Kier alpha value is -1.32. The minimum atomic E-state index is -0.482. The van der Waals surface area contributed by atoms with Gasteiger partial charge in [-0.1, -0.05) is 12.2 Å². The number of Topliss-reactive ketones (excluding diaryl/α,β-unsaturated/α-hetero) is 1. The summed E-state index contributed by atoms with van der Waals surface area (Å²) in [5.41, 5.74) is 0.384. The highest BCUT2D eigenvalue weighted by molar-refractivity contribution is 5.86. The van der Waals surface area contributed by atoms with Crippen LogP contribution in [0.2, 0.25) is 0 Å². The quantitative estimate of drug-likeness (QED) is 0.710. The second kappa shape index (κ2) is 4.90. The number of hydrogen-bond acceptors (Lipinski definition) is 3. The van der Waals surface area contributed by atoms with Gasteiger partial charge in [-0.05, 0) is 27.7 Å². The van der Waals surface area contributed by atoms with Crippen molar-refractivity contribution in [1.82, 2.24) is 4.90 Å². The molecule has 0 unspecified atom stereocenters. The van der Waals surface area contributed by atoms with Crippen LogP contribution in [0, 0.1) is 5.92 Å². The van der Waals surface area contributed by atoms with E-state index in [9.17, 15) is 9.59 Å². The molecule has 96 valence electrons. The summed E-state index contributed by atoms with van der Waals surface area (Å²) in [6, 6.07) is 0. The zero-order chi connectivity index (χ0) is 13.2. The van der Waals surface area contributed by atoms with Gasteiger partial charge in [-0.2, -0.15) is 0 Å². The molecule has 0 aromatic carbocycles. The van der Waals surface area contributed by atoms with Crippen molar-refractivity contribution in [3.05, 3.63) is 12.2 Å². The van der Waals surface area contributed by atoms with Gasteiger partial charge in [-0.3, -0.25) is 4.79 Å². The topological polar surface area (TPSA) is 46.6 Å². The van der Waals surface area contributed by atoms with Crippen molar-refractivity contribution >= 4 is 11.9 Å². The van der Waals surface area contributed by atoms with E-state index in [4.69, 9.17) is 4.74 Å². The van der Waals surface area contributed by atoms with Crippen LogP contribution in [-0.2, 0) is 9.53 Å². The fourth-order valence-corrected chi connectivity index (χ4v) is 1.60. The first-order valence-electron chi connectivity index (χ1n) is 5.84. The predicted octanol–water partition coefficient (Wildman–Crippen LogP) is 2.39. The number of likely N-dealkylation sites (tertiary alicyclic amines) is 1. The van der Waals surface area contributed by atoms with Crippen molar-refractivity contribution in [2.75, 3.05) is 13.1 Å². The van der Waals surface area contributed by atoms with Crippen molar-refractivity contribution in [1.29, 1.82) is 0 Å². The molecule has 1 aliphatic rings. The average Bonchev–Trinajstić information content (AvgIpc) is 1.94. The lowest BCUT2D eigenvalue weighted by molar-refractivity contribution is -0.126. The van der Waals surface area contributed by atoms with Crippen LogP contribution in [0.3, 0.4) is 0 Å². The zero-order valence-electron chi connectivity index (χ0n) is 11.1. The molecule has 0 radical (unpaired) electrons. The summed E-state index contributed by atoms with van der Waals surface area (Å²) in [6.45, 7) is 12.0. The molecule has 17 heavy (non-hydrogen) atoms. The Morgan fingerprint density at radius 3 is 2.29 bits per heavy atom. The molecular weight excluding hydrogens is 218 g/mol. The average molecular weight is 239 g/mol. The van der Waals surface area contributed by atoms with Crippen LogP contribution in [0.4, 0.5) is 4.79 Å². The number of nitrogens with zero attached hydrogens (tertiary/aromatic N) is 1. The van der Waals surface area contributed by atoms with Gasteiger partial charge < -0.3 is 9.64 Å². The number of ether oxygens (including phenoxy) is 1. The van der Waals surface area contributed by atoms with Crippen LogP contribution in [-0.4, -0.2) is 35.5 Å². The molecular formula is C13H21NO3. The van der Waals surface area contributed by atoms with Gasteiger partial charge in [-0.15, -0.1) is 0 Å². The first kappa shape index (κ1) is 13.7. The largest absolute Gasteiger partial charge is 0.444 e. The van der Waals surface area contributed by atoms with Crippen LogP contribution in [0.25, 0.3) is 0 Å². The Balaban J connectivity index is 2.34. The Bertz CT molecular complexity index is 335. The van der Waals surface area contributed by atoms with Crippen molar-refractivity contribution in [2.45, 2.75) is 39.7 Å². The minimum Gasteiger partial charge on any atom is -0.444 e. The monoisotopic (exact) mass is 239 g/mol. The maximum absolute atomic E-state index is 11.6. The summed E-state index contributed by atoms with van der Waals surface area (Å²) in [4.78, 5) is 24.8. The number of amides is 1. The van der Waals surface area contributed by atoms with Gasteiger partial charge in [0.15, 0.2) is 0 Å². The van der Waals surface area contributed by atoms with E-state index in [1.807, 2.05) is 27.7 Å². The van der Waals surface area contributed by atoms with Crippen molar-refractivity contribution < 1.29 is 14.3 Å². The summed E-state index contributed by atoms with van der Waals surface area (Å²) >= 11 is 0. The smallest absolute Gasteiger partial charge is 0.410 e. The van der Waals surface area contributed by atoms with Gasteiger partial charge in [0.2, 0.25) is 0 Å². The first-order chi connectivity index (χ1) is 7.69. The number of rotatable bonds is 3. The second-order valence-electron chi connectivity index (χ2n) is 5.68. The van der Waals surface area contributed by atoms with E-state index >= 15 is 0 Å². The first-order valence-corrected chi connectivity index (χ1v) is 5.84. The van der Waals surface area contributed by atoms with Gasteiger partial charge in [0, 0.05) is 19.5 Å². The summed E-state index contributed by atoms with van der Waals surface area (Å²) in [5, 5.41) is 0. The normalized spacial score (nSPS) is 16.4. The second-order valence-corrected chi connectivity index (χ2v) is 5.68. The maximum atomic E-state index is 11.6. The lowest BCUT2D eigenvalue weighted by atomic mass is 9.92. The number of ketones is 1. The molecule has 0 aromatic heterocycles. The third-order valence-electron chi connectivity index (χ3n) is 2.46. The van der Waals surface area contributed by atoms with Crippen LogP contribution in [0.5, 0.6) is 0 Å². The van der Waals surface area contributed by atoms with Gasteiger partial charge >= 0.3 is 6.09 Å². The summed E-state index contributed by atoms with van der Waals surface area (Å²) in [6.07, 6.45) is 0.0733. The fraction of sp³-hybridized carbons (Fsp3) is 0.692. The van der Waals surface area contributed by atoms with E-state index < -0.39 is 5.60 Å². The van der Waals surface area contributed by atoms with E-state index in [0.717, 1.165) is 5.57 Å².